The fraction of sp³-hybridized carbons (Fsp3) is 0.600. The maximum atomic E-state index is 6.37. The van der Waals surface area contributed by atoms with Crippen LogP contribution in [0.4, 0.5) is 0 Å². The van der Waals surface area contributed by atoms with Crippen molar-refractivity contribution in [2.75, 3.05) is 13.2 Å². The number of aryl methyl sites for hydroxylation is 1. The average Bonchev–Trinajstić information content (AvgIpc) is 3.04. The molecule has 1 saturated heterocycles. The standard InChI is InChI=1S/C15H20ClNO2/c16-11-2-4-12-10(9-11)1-3-13(12)14(17)5-6-15-18-7-8-19-15/h2,4,9,13-15H,1,3,5-8,17H2/t13-,14?/m1/s1. The van der Waals surface area contributed by atoms with Crippen LogP contribution >= 0.6 is 11.6 Å². The van der Waals surface area contributed by atoms with Crippen molar-refractivity contribution in [3.63, 3.8) is 0 Å². The first-order chi connectivity index (χ1) is 9.24. The molecule has 0 aromatic heterocycles. The molecule has 2 atom stereocenters. The summed E-state index contributed by atoms with van der Waals surface area (Å²) in [5, 5.41) is 0.820. The van der Waals surface area contributed by atoms with Crippen molar-refractivity contribution in [1.82, 2.24) is 0 Å². The van der Waals surface area contributed by atoms with Gasteiger partial charge in [-0.2, -0.15) is 0 Å². The van der Waals surface area contributed by atoms with E-state index in [0.29, 0.717) is 19.1 Å². The van der Waals surface area contributed by atoms with Crippen LogP contribution in [0.5, 0.6) is 0 Å². The minimum Gasteiger partial charge on any atom is -0.350 e. The van der Waals surface area contributed by atoms with E-state index in [2.05, 4.69) is 12.1 Å². The predicted octanol–water partition coefficient (Wildman–Crippen LogP) is 2.85. The Morgan fingerprint density at radius 2 is 2.11 bits per heavy atom. The summed E-state index contributed by atoms with van der Waals surface area (Å²) in [5.41, 5.74) is 9.11. The van der Waals surface area contributed by atoms with Crippen molar-refractivity contribution in [3.8, 4) is 0 Å². The van der Waals surface area contributed by atoms with Gasteiger partial charge in [-0.1, -0.05) is 17.7 Å². The van der Waals surface area contributed by atoms with Gasteiger partial charge in [0.15, 0.2) is 6.29 Å². The van der Waals surface area contributed by atoms with E-state index in [9.17, 15) is 0 Å². The molecule has 1 unspecified atom stereocenters. The highest BCUT2D eigenvalue weighted by atomic mass is 35.5. The van der Waals surface area contributed by atoms with Gasteiger partial charge in [0.1, 0.15) is 0 Å². The second kappa shape index (κ2) is 5.80. The molecule has 0 amide bonds. The Bertz CT molecular complexity index is 446. The van der Waals surface area contributed by atoms with Crippen LogP contribution in [0.25, 0.3) is 0 Å². The number of halogens is 1. The molecule has 19 heavy (non-hydrogen) atoms. The van der Waals surface area contributed by atoms with Gasteiger partial charge in [-0.15, -0.1) is 0 Å². The molecule has 0 saturated carbocycles. The average molecular weight is 282 g/mol. The molecule has 1 aromatic carbocycles. The highest BCUT2D eigenvalue weighted by Gasteiger charge is 2.28. The molecule has 1 aliphatic heterocycles. The largest absolute Gasteiger partial charge is 0.350 e. The van der Waals surface area contributed by atoms with Gasteiger partial charge in [0.25, 0.3) is 0 Å². The summed E-state index contributed by atoms with van der Waals surface area (Å²) in [5.74, 6) is 0.452. The molecule has 0 radical (unpaired) electrons. The first-order valence-corrected chi connectivity index (χ1v) is 7.39. The van der Waals surface area contributed by atoms with Crippen molar-refractivity contribution in [2.24, 2.45) is 5.73 Å². The summed E-state index contributed by atoms with van der Waals surface area (Å²) in [6.07, 6.45) is 4.00. The maximum absolute atomic E-state index is 6.37. The molecule has 2 aliphatic rings. The van der Waals surface area contributed by atoms with E-state index >= 15 is 0 Å². The Balaban J connectivity index is 1.60. The lowest BCUT2D eigenvalue weighted by molar-refractivity contribution is -0.0489. The van der Waals surface area contributed by atoms with Crippen LogP contribution in [0.2, 0.25) is 5.02 Å². The fourth-order valence-electron chi connectivity index (χ4n) is 3.17. The van der Waals surface area contributed by atoms with E-state index in [1.54, 1.807) is 0 Å². The molecule has 104 valence electrons. The summed E-state index contributed by atoms with van der Waals surface area (Å²) in [6, 6.07) is 6.36. The van der Waals surface area contributed by atoms with Gasteiger partial charge in [-0.25, -0.2) is 0 Å². The third-order valence-electron chi connectivity index (χ3n) is 4.17. The third-order valence-corrected chi connectivity index (χ3v) is 4.41. The van der Waals surface area contributed by atoms with Crippen molar-refractivity contribution in [3.05, 3.63) is 34.3 Å². The Morgan fingerprint density at radius 3 is 2.89 bits per heavy atom. The lowest BCUT2D eigenvalue weighted by atomic mass is 9.91. The number of fused-ring (bicyclic) bond motifs is 1. The fourth-order valence-corrected chi connectivity index (χ4v) is 3.36. The van der Waals surface area contributed by atoms with Crippen LogP contribution in [0.15, 0.2) is 18.2 Å². The lowest BCUT2D eigenvalue weighted by Crippen LogP contribution is -2.28. The number of hydrogen-bond acceptors (Lipinski definition) is 3. The monoisotopic (exact) mass is 281 g/mol. The minimum absolute atomic E-state index is 0.0443. The summed E-state index contributed by atoms with van der Waals surface area (Å²) in [7, 11) is 0. The number of hydrogen-bond donors (Lipinski definition) is 1. The van der Waals surface area contributed by atoms with Crippen LogP contribution in [0, 0.1) is 0 Å². The van der Waals surface area contributed by atoms with Crippen LogP contribution in [0.1, 0.15) is 36.3 Å². The number of ether oxygens (including phenoxy) is 2. The molecule has 2 N–H and O–H groups in total. The van der Waals surface area contributed by atoms with Gasteiger partial charge in [0, 0.05) is 11.1 Å². The van der Waals surface area contributed by atoms with Crippen molar-refractivity contribution >= 4 is 11.6 Å². The zero-order chi connectivity index (χ0) is 13.2. The summed E-state index contributed by atoms with van der Waals surface area (Å²) in [4.78, 5) is 0. The first-order valence-electron chi connectivity index (χ1n) is 7.01. The Hall–Kier alpha value is -0.610. The van der Waals surface area contributed by atoms with E-state index in [4.69, 9.17) is 26.8 Å². The van der Waals surface area contributed by atoms with Crippen molar-refractivity contribution in [1.29, 1.82) is 0 Å². The van der Waals surface area contributed by atoms with Crippen molar-refractivity contribution in [2.45, 2.75) is 43.9 Å². The molecule has 0 spiro atoms. The predicted molar refractivity (Wildman–Crippen MR) is 75.4 cm³/mol. The summed E-state index contributed by atoms with van der Waals surface area (Å²) in [6.45, 7) is 1.43. The molecule has 1 aliphatic carbocycles. The maximum Gasteiger partial charge on any atom is 0.157 e. The quantitative estimate of drug-likeness (QED) is 0.923. The van der Waals surface area contributed by atoms with Crippen LogP contribution in [-0.4, -0.2) is 25.5 Å². The zero-order valence-electron chi connectivity index (χ0n) is 11.0. The van der Waals surface area contributed by atoms with E-state index in [1.807, 2.05) is 6.07 Å². The molecule has 1 fully saturated rings. The molecule has 0 bridgehead atoms. The highest BCUT2D eigenvalue weighted by molar-refractivity contribution is 6.30. The zero-order valence-corrected chi connectivity index (χ0v) is 11.7. The normalized spacial score (nSPS) is 24.6. The lowest BCUT2D eigenvalue weighted by Gasteiger charge is -2.21. The van der Waals surface area contributed by atoms with E-state index in [0.717, 1.165) is 30.7 Å². The molecule has 1 aromatic rings. The summed E-state index contributed by atoms with van der Waals surface area (Å²) < 4.78 is 10.9. The number of rotatable bonds is 4. The molecular weight excluding hydrogens is 262 g/mol. The molecule has 1 heterocycles. The van der Waals surface area contributed by atoms with Gasteiger partial charge >= 0.3 is 0 Å². The van der Waals surface area contributed by atoms with E-state index in [-0.39, 0.29) is 12.3 Å². The van der Waals surface area contributed by atoms with E-state index < -0.39 is 0 Å². The number of benzene rings is 1. The second-order valence-electron chi connectivity index (χ2n) is 5.40. The van der Waals surface area contributed by atoms with Crippen molar-refractivity contribution < 1.29 is 9.47 Å². The third kappa shape index (κ3) is 2.95. The van der Waals surface area contributed by atoms with Crippen LogP contribution in [-0.2, 0) is 15.9 Å². The topological polar surface area (TPSA) is 44.5 Å². The second-order valence-corrected chi connectivity index (χ2v) is 5.84. The Labute approximate surface area is 119 Å². The Morgan fingerprint density at radius 1 is 1.32 bits per heavy atom. The Kier molecular flexibility index (Phi) is 4.08. The highest BCUT2D eigenvalue weighted by Crippen LogP contribution is 2.37. The number of nitrogens with two attached hydrogens (primary N) is 1. The van der Waals surface area contributed by atoms with Gasteiger partial charge in [0.05, 0.1) is 13.2 Å². The van der Waals surface area contributed by atoms with Gasteiger partial charge in [0.2, 0.25) is 0 Å². The molecule has 4 heteroatoms. The smallest absolute Gasteiger partial charge is 0.157 e. The minimum atomic E-state index is -0.0443. The SMILES string of the molecule is NC(CCC1OCCO1)[C@@H]1CCc2cc(Cl)ccc21. The molecular formula is C15H20ClNO2. The first kappa shape index (κ1) is 13.4. The summed E-state index contributed by atoms with van der Waals surface area (Å²) >= 11 is 6.03. The van der Waals surface area contributed by atoms with Gasteiger partial charge in [-0.3, -0.25) is 0 Å². The van der Waals surface area contributed by atoms with Crippen LogP contribution < -0.4 is 5.73 Å². The van der Waals surface area contributed by atoms with Gasteiger partial charge in [-0.05, 0) is 54.9 Å². The molecule has 3 nitrogen and oxygen atoms in total. The van der Waals surface area contributed by atoms with Crippen LogP contribution in [0.3, 0.4) is 0 Å². The molecule has 3 rings (SSSR count). The van der Waals surface area contributed by atoms with E-state index in [1.165, 1.54) is 11.1 Å². The van der Waals surface area contributed by atoms with Gasteiger partial charge < -0.3 is 15.2 Å².